The number of anilines is 2. The summed E-state index contributed by atoms with van der Waals surface area (Å²) in [4.78, 5) is 26.0. The lowest BCUT2D eigenvalue weighted by Gasteiger charge is -2.11. The van der Waals surface area contributed by atoms with Crippen LogP contribution in [0, 0.1) is 0 Å². The molecular formula is C18H12Cl2N2O4. The quantitative estimate of drug-likeness (QED) is 0.664. The molecule has 1 aliphatic rings. The van der Waals surface area contributed by atoms with Gasteiger partial charge in [-0.3, -0.25) is 9.69 Å². The first-order valence-corrected chi connectivity index (χ1v) is 8.47. The van der Waals surface area contributed by atoms with E-state index in [1.165, 1.54) is 17.0 Å². The molecule has 0 atom stereocenters. The van der Waals surface area contributed by atoms with Crippen molar-refractivity contribution in [2.75, 3.05) is 23.8 Å². The molecule has 1 aliphatic heterocycles. The van der Waals surface area contributed by atoms with Crippen molar-refractivity contribution in [3.05, 3.63) is 57.8 Å². The molecule has 132 valence electrons. The van der Waals surface area contributed by atoms with E-state index in [4.69, 9.17) is 38.1 Å². The number of carbonyl (C=O) groups excluding carboxylic acids is 2. The van der Waals surface area contributed by atoms with Crippen molar-refractivity contribution in [2.24, 2.45) is 0 Å². The molecule has 2 heterocycles. The molecule has 1 saturated heterocycles. The Balaban J connectivity index is 1.77. The zero-order valence-electron chi connectivity index (χ0n) is 13.3. The van der Waals surface area contributed by atoms with E-state index in [1.807, 2.05) is 0 Å². The number of halogens is 2. The number of amides is 1. The van der Waals surface area contributed by atoms with Crippen LogP contribution in [-0.4, -0.2) is 25.0 Å². The molecule has 1 fully saturated rings. The third-order valence-corrected chi connectivity index (χ3v) is 4.71. The van der Waals surface area contributed by atoms with E-state index in [-0.39, 0.29) is 22.0 Å². The van der Waals surface area contributed by atoms with Gasteiger partial charge in [-0.25, -0.2) is 4.79 Å². The summed E-state index contributed by atoms with van der Waals surface area (Å²) in [5.74, 6) is -0.451. The summed E-state index contributed by atoms with van der Waals surface area (Å²) in [6.45, 7) is 0.780. The van der Waals surface area contributed by atoms with E-state index in [2.05, 4.69) is 0 Å². The first-order valence-electron chi connectivity index (χ1n) is 7.72. The average Bonchev–Trinajstić information content (AvgIpc) is 3.17. The Bertz CT molecular complexity index is 1060. The van der Waals surface area contributed by atoms with Crippen LogP contribution in [0.15, 0.2) is 40.8 Å². The molecule has 0 unspecified atom stereocenters. The fraction of sp³-hybridized carbons (Fsp3) is 0.111. The van der Waals surface area contributed by atoms with E-state index < -0.39 is 11.9 Å². The highest BCUT2D eigenvalue weighted by Crippen LogP contribution is 2.34. The lowest BCUT2D eigenvalue weighted by molar-refractivity contribution is 0.101. The molecular weight excluding hydrogens is 379 g/mol. The fourth-order valence-corrected chi connectivity index (χ4v) is 3.36. The van der Waals surface area contributed by atoms with Crippen molar-refractivity contribution in [2.45, 2.75) is 0 Å². The Morgan fingerprint density at radius 3 is 2.65 bits per heavy atom. The van der Waals surface area contributed by atoms with Gasteiger partial charge in [0.2, 0.25) is 5.78 Å². The van der Waals surface area contributed by atoms with Crippen LogP contribution in [0.1, 0.15) is 16.1 Å². The van der Waals surface area contributed by atoms with Crippen LogP contribution in [0.25, 0.3) is 11.0 Å². The van der Waals surface area contributed by atoms with Crippen LogP contribution in [-0.2, 0) is 4.74 Å². The van der Waals surface area contributed by atoms with E-state index in [0.29, 0.717) is 34.8 Å². The number of nitrogens with zero attached hydrogens (tertiary/aromatic N) is 1. The SMILES string of the molecule is Nc1c(C(=O)c2ccc(Cl)cc2Cl)oc2cc(N3CCOC3=O)ccc12. The molecule has 1 amide bonds. The van der Waals surface area contributed by atoms with E-state index in [9.17, 15) is 9.59 Å². The minimum Gasteiger partial charge on any atom is -0.450 e. The number of benzene rings is 2. The van der Waals surface area contributed by atoms with Crippen LogP contribution in [0.5, 0.6) is 0 Å². The molecule has 0 spiro atoms. The van der Waals surface area contributed by atoms with Crippen LogP contribution in [0.4, 0.5) is 16.2 Å². The number of cyclic esters (lactones) is 1. The van der Waals surface area contributed by atoms with Crippen LogP contribution < -0.4 is 10.6 Å². The van der Waals surface area contributed by atoms with E-state index >= 15 is 0 Å². The van der Waals surface area contributed by atoms with Gasteiger partial charge in [-0.2, -0.15) is 0 Å². The van der Waals surface area contributed by atoms with Crippen LogP contribution in [0.3, 0.4) is 0 Å². The number of rotatable bonds is 3. The summed E-state index contributed by atoms with van der Waals surface area (Å²) in [6.07, 6.45) is -0.423. The molecule has 0 aliphatic carbocycles. The summed E-state index contributed by atoms with van der Waals surface area (Å²) in [7, 11) is 0. The van der Waals surface area contributed by atoms with E-state index in [1.54, 1.807) is 24.3 Å². The van der Waals surface area contributed by atoms with Gasteiger partial charge in [0.05, 0.1) is 22.9 Å². The van der Waals surface area contributed by atoms with Gasteiger partial charge in [-0.05, 0) is 30.3 Å². The van der Waals surface area contributed by atoms with Gasteiger partial charge in [0.1, 0.15) is 12.2 Å². The second-order valence-electron chi connectivity index (χ2n) is 5.74. The zero-order valence-corrected chi connectivity index (χ0v) is 14.8. The van der Waals surface area contributed by atoms with Crippen molar-refractivity contribution in [3.63, 3.8) is 0 Å². The second kappa shape index (κ2) is 6.23. The number of nitrogens with two attached hydrogens (primary N) is 1. The average molecular weight is 391 g/mol. The number of hydrogen-bond donors (Lipinski definition) is 1. The van der Waals surface area contributed by atoms with Crippen LogP contribution >= 0.6 is 23.2 Å². The minimum absolute atomic E-state index is 0.00892. The standard InChI is InChI=1S/C18H12Cl2N2O4/c19-9-1-3-11(13(20)7-9)16(23)17-15(21)12-4-2-10(8-14(12)26-17)22-5-6-25-18(22)24/h1-4,7-8H,5-6,21H2. The predicted octanol–water partition coefficient (Wildman–Crippen LogP) is 4.51. The third kappa shape index (κ3) is 2.67. The molecule has 26 heavy (non-hydrogen) atoms. The molecule has 1 aromatic heterocycles. The summed E-state index contributed by atoms with van der Waals surface area (Å²) in [5, 5.41) is 1.21. The molecule has 6 nitrogen and oxygen atoms in total. The molecule has 4 rings (SSSR count). The molecule has 0 radical (unpaired) electrons. The summed E-state index contributed by atoms with van der Waals surface area (Å²) in [6, 6.07) is 9.65. The van der Waals surface area contributed by atoms with Gasteiger partial charge in [-0.1, -0.05) is 23.2 Å². The molecule has 0 saturated carbocycles. The van der Waals surface area contributed by atoms with Gasteiger partial charge in [-0.15, -0.1) is 0 Å². The monoisotopic (exact) mass is 390 g/mol. The highest BCUT2D eigenvalue weighted by Gasteiger charge is 2.26. The van der Waals surface area contributed by atoms with Crippen molar-refractivity contribution in [1.82, 2.24) is 0 Å². The Morgan fingerprint density at radius 1 is 1.15 bits per heavy atom. The van der Waals surface area contributed by atoms with Gasteiger partial charge >= 0.3 is 6.09 Å². The number of hydrogen-bond acceptors (Lipinski definition) is 5. The first-order chi connectivity index (χ1) is 12.5. The summed E-state index contributed by atoms with van der Waals surface area (Å²) >= 11 is 12.0. The normalized spacial score (nSPS) is 14.1. The maximum Gasteiger partial charge on any atom is 0.414 e. The third-order valence-electron chi connectivity index (χ3n) is 4.17. The van der Waals surface area contributed by atoms with Crippen molar-refractivity contribution in [3.8, 4) is 0 Å². The minimum atomic E-state index is -0.442. The molecule has 3 aromatic rings. The van der Waals surface area contributed by atoms with Crippen molar-refractivity contribution >= 4 is 57.4 Å². The Labute approximate surface area is 158 Å². The van der Waals surface area contributed by atoms with E-state index in [0.717, 1.165) is 0 Å². The van der Waals surface area contributed by atoms with Gasteiger partial charge < -0.3 is 14.9 Å². The maximum atomic E-state index is 12.8. The van der Waals surface area contributed by atoms with Gasteiger partial charge in [0.25, 0.3) is 0 Å². The predicted molar refractivity (Wildman–Crippen MR) is 99.2 cm³/mol. The number of fused-ring (bicyclic) bond motifs is 1. The smallest absolute Gasteiger partial charge is 0.414 e. The fourth-order valence-electron chi connectivity index (χ4n) is 2.87. The molecule has 0 bridgehead atoms. The molecule has 8 heteroatoms. The molecule has 2 aromatic carbocycles. The highest BCUT2D eigenvalue weighted by atomic mass is 35.5. The lowest BCUT2D eigenvalue weighted by atomic mass is 10.1. The number of nitrogen functional groups attached to an aromatic ring is 1. The topological polar surface area (TPSA) is 85.8 Å². The highest BCUT2D eigenvalue weighted by molar-refractivity contribution is 6.37. The number of ether oxygens (including phenoxy) is 1. The zero-order chi connectivity index (χ0) is 18.4. The number of ketones is 1. The Hall–Kier alpha value is -2.70. The van der Waals surface area contributed by atoms with Crippen LogP contribution in [0.2, 0.25) is 10.0 Å². The van der Waals surface area contributed by atoms with Crippen molar-refractivity contribution < 1.29 is 18.7 Å². The Morgan fingerprint density at radius 2 is 1.96 bits per heavy atom. The first kappa shape index (κ1) is 16.8. The largest absolute Gasteiger partial charge is 0.450 e. The van der Waals surface area contributed by atoms with Crippen molar-refractivity contribution in [1.29, 1.82) is 0 Å². The maximum absolute atomic E-state index is 12.8. The summed E-state index contributed by atoms with van der Waals surface area (Å²) in [5.41, 5.74) is 7.56. The number of furan rings is 1. The molecule has 2 N–H and O–H groups in total. The summed E-state index contributed by atoms with van der Waals surface area (Å²) < 4.78 is 10.6. The number of carbonyl (C=O) groups is 2. The lowest BCUT2D eigenvalue weighted by Crippen LogP contribution is -2.23. The Kier molecular flexibility index (Phi) is 4.01. The van der Waals surface area contributed by atoms with Gasteiger partial charge in [0, 0.05) is 22.0 Å². The van der Waals surface area contributed by atoms with Gasteiger partial charge in [0.15, 0.2) is 5.76 Å². The second-order valence-corrected chi connectivity index (χ2v) is 6.59.